The maximum absolute atomic E-state index is 13.3. The van der Waals surface area contributed by atoms with Crippen molar-refractivity contribution < 1.29 is 9.59 Å². The Balaban J connectivity index is 2.26. The number of rotatable bonds is 8. The normalized spacial score (nSPS) is 12.0. The fourth-order valence-electron chi connectivity index (χ4n) is 3.45. The average molecular weight is 395 g/mol. The van der Waals surface area contributed by atoms with E-state index in [0.717, 1.165) is 27.8 Å². The number of carbonyl (C=O) groups is 2. The van der Waals surface area contributed by atoms with Crippen LogP contribution in [0.1, 0.15) is 48.6 Å². The summed E-state index contributed by atoms with van der Waals surface area (Å²) in [6.45, 7) is 13.1. The molecular weight excluding hydrogens is 360 g/mol. The summed E-state index contributed by atoms with van der Waals surface area (Å²) in [7, 11) is 0. The average Bonchev–Trinajstić information content (AvgIpc) is 2.63. The molecule has 156 valence electrons. The Morgan fingerprint density at radius 3 is 2.17 bits per heavy atom. The molecule has 0 fully saturated rings. The Bertz CT molecular complexity index is 837. The van der Waals surface area contributed by atoms with Crippen LogP contribution in [0.15, 0.2) is 42.5 Å². The Morgan fingerprint density at radius 2 is 1.59 bits per heavy atom. The molecule has 0 heterocycles. The summed E-state index contributed by atoms with van der Waals surface area (Å²) in [5, 5.41) is 2.97. The van der Waals surface area contributed by atoms with Gasteiger partial charge in [0.2, 0.25) is 11.8 Å². The first kappa shape index (κ1) is 22.7. The summed E-state index contributed by atoms with van der Waals surface area (Å²) in [6.07, 6.45) is 0.288. The van der Waals surface area contributed by atoms with Gasteiger partial charge in [-0.1, -0.05) is 67.4 Å². The van der Waals surface area contributed by atoms with Crippen LogP contribution in [0.5, 0.6) is 0 Å². The van der Waals surface area contributed by atoms with Crippen LogP contribution in [0, 0.1) is 26.7 Å². The topological polar surface area (TPSA) is 49.4 Å². The van der Waals surface area contributed by atoms with E-state index in [9.17, 15) is 9.59 Å². The molecule has 0 aliphatic carbocycles. The molecule has 0 saturated heterocycles. The van der Waals surface area contributed by atoms with Crippen LogP contribution in [-0.2, 0) is 22.6 Å². The van der Waals surface area contributed by atoms with Gasteiger partial charge in [0, 0.05) is 13.1 Å². The van der Waals surface area contributed by atoms with E-state index >= 15 is 0 Å². The van der Waals surface area contributed by atoms with Gasteiger partial charge in [-0.3, -0.25) is 9.59 Å². The lowest BCUT2D eigenvalue weighted by Crippen LogP contribution is -2.48. The van der Waals surface area contributed by atoms with E-state index in [0.29, 0.717) is 19.0 Å². The number of nitrogens with zero attached hydrogens (tertiary/aromatic N) is 1. The number of hydrogen-bond donors (Lipinski definition) is 1. The molecule has 0 aliphatic rings. The van der Waals surface area contributed by atoms with Crippen molar-refractivity contribution in [3.8, 4) is 0 Å². The molecule has 1 atom stereocenters. The minimum atomic E-state index is -0.535. The number of benzene rings is 2. The minimum Gasteiger partial charge on any atom is -0.354 e. The third-order valence-corrected chi connectivity index (χ3v) is 5.09. The maximum atomic E-state index is 13.3. The second-order valence-corrected chi connectivity index (χ2v) is 8.44. The molecule has 2 amide bonds. The van der Waals surface area contributed by atoms with Crippen LogP contribution in [-0.4, -0.2) is 29.3 Å². The molecule has 2 aromatic carbocycles. The van der Waals surface area contributed by atoms with E-state index in [1.165, 1.54) is 0 Å². The van der Waals surface area contributed by atoms with Gasteiger partial charge in [-0.2, -0.15) is 0 Å². The Morgan fingerprint density at radius 1 is 0.966 bits per heavy atom. The molecule has 2 aromatic rings. The SMILES string of the molecule is Cc1cc(C)cc(CC(=O)N(Cc2ccccc2C)[C@H](C)C(=O)NCC(C)C)c1. The molecule has 0 aromatic heterocycles. The monoisotopic (exact) mass is 394 g/mol. The van der Waals surface area contributed by atoms with Crippen LogP contribution in [0.2, 0.25) is 0 Å². The quantitative estimate of drug-likeness (QED) is 0.724. The third kappa shape index (κ3) is 6.74. The molecule has 0 saturated carbocycles. The number of aryl methyl sites for hydroxylation is 3. The van der Waals surface area contributed by atoms with Crippen molar-refractivity contribution in [1.29, 1.82) is 0 Å². The number of amides is 2. The standard InChI is InChI=1S/C25H34N2O2/c1-17(2)15-26-25(29)21(6)27(16-23-10-8-7-9-20(23)5)24(28)14-22-12-18(3)11-19(4)13-22/h7-13,17,21H,14-16H2,1-6H3,(H,26,29)/t21-/m1/s1. The van der Waals surface area contributed by atoms with Crippen molar-refractivity contribution in [3.63, 3.8) is 0 Å². The summed E-state index contributed by atoms with van der Waals surface area (Å²) >= 11 is 0. The number of nitrogens with one attached hydrogen (secondary N) is 1. The predicted molar refractivity (Wildman–Crippen MR) is 119 cm³/mol. The number of carbonyl (C=O) groups excluding carboxylic acids is 2. The zero-order chi connectivity index (χ0) is 21.6. The highest BCUT2D eigenvalue weighted by atomic mass is 16.2. The largest absolute Gasteiger partial charge is 0.354 e. The fraction of sp³-hybridized carbons (Fsp3) is 0.440. The van der Waals surface area contributed by atoms with Gasteiger partial charge in [0.1, 0.15) is 6.04 Å². The summed E-state index contributed by atoms with van der Waals surface area (Å²) in [6, 6.07) is 13.7. The molecule has 0 radical (unpaired) electrons. The van der Waals surface area contributed by atoms with E-state index in [4.69, 9.17) is 0 Å². The van der Waals surface area contributed by atoms with Gasteiger partial charge in [-0.05, 0) is 50.3 Å². The Hall–Kier alpha value is -2.62. The Kier molecular flexibility index (Phi) is 8.00. The highest BCUT2D eigenvalue weighted by Gasteiger charge is 2.26. The molecule has 0 bridgehead atoms. The smallest absolute Gasteiger partial charge is 0.242 e. The molecule has 1 N–H and O–H groups in total. The van der Waals surface area contributed by atoms with Crippen molar-refractivity contribution in [2.75, 3.05) is 6.54 Å². The van der Waals surface area contributed by atoms with Gasteiger partial charge in [-0.25, -0.2) is 0 Å². The van der Waals surface area contributed by atoms with E-state index in [1.54, 1.807) is 4.90 Å². The van der Waals surface area contributed by atoms with E-state index in [2.05, 4.69) is 25.2 Å². The molecule has 0 spiro atoms. The summed E-state index contributed by atoms with van der Waals surface area (Å²) in [5.41, 5.74) is 5.44. The lowest BCUT2D eigenvalue weighted by molar-refractivity contribution is -0.140. The second-order valence-electron chi connectivity index (χ2n) is 8.44. The van der Waals surface area contributed by atoms with E-state index < -0.39 is 6.04 Å². The van der Waals surface area contributed by atoms with Crippen LogP contribution in [0.25, 0.3) is 0 Å². The maximum Gasteiger partial charge on any atom is 0.242 e. The van der Waals surface area contributed by atoms with Crippen molar-refractivity contribution in [2.24, 2.45) is 5.92 Å². The van der Waals surface area contributed by atoms with Gasteiger partial charge >= 0.3 is 0 Å². The minimum absolute atomic E-state index is 0.0366. The van der Waals surface area contributed by atoms with Gasteiger partial charge in [0.15, 0.2) is 0 Å². The third-order valence-electron chi connectivity index (χ3n) is 5.09. The highest BCUT2D eigenvalue weighted by molar-refractivity contribution is 5.88. The van der Waals surface area contributed by atoms with Crippen molar-refractivity contribution in [2.45, 2.75) is 60.5 Å². The van der Waals surface area contributed by atoms with E-state index in [1.807, 2.05) is 64.1 Å². The molecule has 0 unspecified atom stereocenters. The molecule has 0 aliphatic heterocycles. The van der Waals surface area contributed by atoms with Crippen LogP contribution in [0.3, 0.4) is 0 Å². The molecular formula is C25H34N2O2. The fourth-order valence-corrected chi connectivity index (χ4v) is 3.45. The van der Waals surface area contributed by atoms with Crippen LogP contribution in [0.4, 0.5) is 0 Å². The highest BCUT2D eigenvalue weighted by Crippen LogP contribution is 2.16. The van der Waals surface area contributed by atoms with Crippen LogP contribution >= 0.6 is 0 Å². The lowest BCUT2D eigenvalue weighted by Gasteiger charge is -2.29. The first-order valence-electron chi connectivity index (χ1n) is 10.4. The molecule has 29 heavy (non-hydrogen) atoms. The molecule has 4 heteroatoms. The second kappa shape index (κ2) is 10.2. The first-order chi connectivity index (χ1) is 13.7. The first-order valence-corrected chi connectivity index (χ1v) is 10.4. The summed E-state index contributed by atoms with van der Waals surface area (Å²) in [4.78, 5) is 27.7. The molecule has 2 rings (SSSR count). The predicted octanol–water partition coefficient (Wildman–Crippen LogP) is 4.34. The van der Waals surface area contributed by atoms with Crippen LogP contribution < -0.4 is 5.32 Å². The number of hydrogen-bond acceptors (Lipinski definition) is 2. The van der Waals surface area contributed by atoms with E-state index in [-0.39, 0.29) is 18.2 Å². The zero-order valence-electron chi connectivity index (χ0n) is 18.6. The van der Waals surface area contributed by atoms with Gasteiger partial charge in [-0.15, -0.1) is 0 Å². The summed E-state index contributed by atoms with van der Waals surface area (Å²) < 4.78 is 0. The van der Waals surface area contributed by atoms with Gasteiger partial charge < -0.3 is 10.2 Å². The Labute approximate surface area is 175 Å². The lowest BCUT2D eigenvalue weighted by atomic mass is 10.0. The van der Waals surface area contributed by atoms with Crippen molar-refractivity contribution >= 4 is 11.8 Å². The van der Waals surface area contributed by atoms with Gasteiger partial charge in [0.25, 0.3) is 0 Å². The van der Waals surface area contributed by atoms with Crippen molar-refractivity contribution in [3.05, 3.63) is 70.3 Å². The zero-order valence-corrected chi connectivity index (χ0v) is 18.6. The summed E-state index contributed by atoms with van der Waals surface area (Å²) in [5.74, 6) is 0.216. The van der Waals surface area contributed by atoms with Crippen molar-refractivity contribution in [1.82, 2.24) is 10.2 Å². The van der Waals surface area contributed by atoms with Gasteiger partial charge in [0.05, 0.1) is 6.42 Å². The molecule has 4 nitrogen and oxygen atoms in total.